The van der Waals surface area contributed by atoms with Crippen molar-refractivity contribution < 1.29 is 32.6 Å². The van der Waals surface area contributed by atoms with Gasteiger partial charge in [0, 0.05) is 12.8 Å². The molecule has 0 heterocycles. The maximum absolute atomic E-state index is 12.8. The Hall–Kier alpha value is -2.13. The van der Waals surface area contributed by atoms with Crippen molar-refractivity contribution in [3.05, 3.63) is 24.3 Å². The molecule has 4 saturated carbocycles. The number of rotatable bonds is 7. The predicted octanol–water partition coefficient (Wildman–Crippen LogP) is 6.75. The van der Waals surface area contributed by atoms with E-state index >= 15 is 0 Å². The average Bonchev–Trinajstić information content (AvgIpc) is 3.29. The number of nitrogens with one attached hydrogen (secondary N) is 1. The van der Waals surface area contributed by atoms with E-state index in [-0.39, 0.29) is 46.0 Å². The van der Waals surface area contributed by atoms with E-state index in [2.05, 4.69) is 32.4 Å². The highest BCUT2D eigenvalue weighted by molar-refractivity contribution is 7.90. The Labute approximate surface area is 264 Å². The van der Waals surface area contributed by atoms with Gasteiger partial charge in [0.25, 0.3) is 10.0 Å². The minimum atomic E-state index is -4.09. The number of carbonyl (C=O) groups is 2. The van der Waals surface area contributed by atoms with E-state index in [1.54, 1.807) is 12.1 Å². The first-order chi connectivity index (χ1) is 20.5. The van der Waals surface area contributed by atoms with Crippen LogP contribution in [0.1, 0.15) is 99.8 Å². The van der Waals surface area contributed by atoms with Crippen molar-refractivity contribution in [2.75, 3.05) is 6.61 Å². The largest absolute Gasteiger partial charge is 0.488 e. The zero-order valence-electron chi connectivity index (χ0n) is 27.6. The molecule has 8 nitrogen and oxygen atoms in total. The summed E-state index contributed by atoms with van der Waals surface area (Å²) >= 11 is 0. The van der Waals surface area contributed by atoms with Crippen LogP contribution in [-0.4, -0.2) is 43.7 Å². The average molecular weight is 632 g/mol. The number of benzene rings is 1. The summed E-state index contributed by atoms with van der Waals surface area (Å²) < 4.78 is 39.0. The van der Waals surface area contributed by atoms with Crippen molar-refractivity contribution in [2.45, 2.75) is 116 Å². The first-order valence-corrected chi connectivity index (χ1v) is 18.2. The molecule has 44 heavy (non-hydrogen) atoms. The van der Waals surface area contributed by atoms with Gasteiger partial charge in [-0.3, -0.25) is 4.79 Å². The Morgan fingerprint density at radius 2 is 1.70 bits per heavy atom. The van der Waals surface area contributed by atoms with Crippen LogP contribution in [0.3, 0.4) is 0 Å². The fraction of sp³-hybridized carbons (Fsp3) is 0.771. The molecule has 4 aliphatic rings. The van der Waals surface area contributed by atoms with Gasteiger partial charge in [-0.1, -0.05) is 34.1 Å². The maximum atomic E-state index is 12.8. The van der Waals surface area contributed by atoms with E-state index in [1.165, 1.54) is 12.1 Å². The summed E-state index contributed by atoms with van der Waals surface area (Å²) in [6, 6.07) is 5.95. The molecule has 1 aromatic carbocycles. The van der Waals surface area contributed by atoms with Gasteiger partial charge >= 0.3 is 6.09 Å². The minimum Gasteiger partial charge on any atom is -0.488 e. The fourth-order valence-electron chi connectivity index (χ4n) is 10.3. The number of ketones is 1. The number of hydrogen-bond donors (Lipinski definition) is 2. The van der Waals surface area contributed by atoms with Crippen LogP contribution >= 0.6 is 0 Å². The molecule has 4 aliphatic carbocycles. The van der Waals surface area contributed by atoms with Crippen LogP contribution in [0, 0.1) is 52.3 Å². The van der Waals surface area contributed by atoms with E-state index in [4.69, 9.17) is 9.47 Å². The minimum absolute atomic E-state index is 0.0102. The highest BCUT2D eigenvalue weighted by Crippen LogP contribution is 2.69. The van der Waals surface area contributed by atoms with Crippen LogP contribution < -0.4 is 9.46 Å². The summed E-state index contributed by atoms with van der Waals surface area (Å²) in [5.41, 5.74) is -0.312. The van der Waals surface area contributed by atoms with Crippen LogP contribution in [0.15, 0.2) is 29.2 Å². The lowest BCUT2D eigenvalue weighted by atomic mass is 9.41. The summed E-state index contributed by atoms with van der Waals surface area (Å²) in [6.45, 7) is 14.9. The SMILES string of the molecule is CC[C@H]1[C@@H](O)[C@@H]2[C@H](CC[C@]3(C)[C@@H]([C@H](C)COC(=O)NS(=O)(=O)c4ccc(OC(C)(C)C)cc4)CC[C@@H]23)[C@@]2(C)CCC(=O)C[C@@H]12. The van der Waals surface area contributed by atoms with Crippen LogP contribution in [-0.2, 0) is 19.6 Å². The summed E-state index contributed by atoms with van der Waals surface area (Å²) in [5.74, 6) is 2.69. The van der Waals surface area contributed by atoms with E-state index in [0.717, 1.165) is 38.5 Å². The zero-order valence-corrected chi connectivity index (χ0v) is 28.4. The summed E-state index contributed by atoms with van der Waals surface area (Å²) in [6.07, 6.45) is 5.88. The Morgan fingerprint density at radius 3 is 2.34 bits per heavy atom. The summed E-state index contributed by atoms with van der Waals surface area (Å²) in [4.78, 5) is 25.1. The van der Waals surface area contributed by atoms with Crippen molar-refractivity contribution in [1.29, 1.82) is 0 Å². The Kier molecular flexibility index (Phi) is 8.99. The van der Waals surface area contributed by atoms with Crippen LogP contribution in [0.2, 0.25) is 0 Å². The van der Waals surface area contributed by atoms with Gasteiger partial charge in [-0.2, -0.15) is 0 Å². The topological polar surface area (TPSA) is 119 Å². The molecule has 9 heteroatoms. The highest BCUT2D eigenvalue weighted by Gasteiger charge is 2.65. The molecule has 1 aromatic rings. The standard InChI is InChI=1S/C35H53NO7S/c1-8-25-29-19-22(37)15-17-35(29,7)28-16-18-34(6)26(13-14-27(34)30(28)31(25)38)21(2)20-42-32(39)36-44(40,41)24-11-9-23(10-12-24)43-33(3,4)5/h9-12,21,25-31,38H,8,13-20H2,1-7H3,(H,36,39)/t21-,25-,26-,27+,28+,29+,30+,31-,34-,35-/m1/s1. The lowest BCUT2D eigenvalue weighted by Gasteiger charge is -2.64. The van der Waals surface area contributed by atoms with Gasteiger partial charge in [-0.15, -0.1) is 0 Å². The third-order valence-electron chi connectivity index (χ3n) is 12.3. The van der Waals surface area contributed by atoms with Gasteiger partial charge in [0.2, 0.25) is 0 Å². The molecule has 0 spiro atoms. The van der Waals surface area contributed by atoms with E-state index in [0.29, 0.717) is 42.1 Å². The molecule has 10 atom stereocenters. The molecule has 2 N–H and O–H groups in total. The third kappa shape index (κ3) is 6.04. The molecule has 4 fully saturated rings. The number of Topliss-reactive ketones (excluding diaryl/α,β-unsaturated/α-hetero) is 1. The highest BCUT2D eigenvalue weighted by atomic mass is 32.2. The van der Waals surface area contributed by atoms with E-state index < -0.39 is 27.8 Å². The Morgan fingerprint density at radius 1 is 1.05 bits per heavy atom. The van der Waals surface area contributed by atoms with Crippen LogP contribution in [0.25, 0.3) is 0 Å². The molecule has 5 rings (SSSR count). The molecule has 0 aromatic heterocycles. The van der Waals surface area contributed by atoms with E-state index in [1.807, 2.05) is 20.8 Å². The number of hydrogen-bond acceptors (Lipinski definition) is 7. The number of aliphatic hydroxyl groups is 1. The van der Waals surface area contributed by atoms with Gasteiger partial charge in [0.05, 0.1) is 17.6 Å². The number of ether oxygens (including phenoxy) is 2. The molecule has 1 amide bonds. The molecular formula is C35H53NO7S. The second-order valence-electron chi connectivity index (χ2n) is 15.8. The molecule has 0 bridgehead atoms. The Bertz CT molecular complexity index is 1340. The van der Waals surface area contributed by atoms with Crippen molar-refractivity contribution in [3.63, 3.8) is 0 Å². The first-order valence-electron chi connectivity index (χ1n) is 16.7. The predicted molar refractivity (Wildman–Crippen MR) is 168 cm³/mol. The summed E-state index contributed by atoms with van der Waals surface area (Å²) in [7, 11) is -4.09. The maximum Gasteiger partial charge on any atom is 0.421 e. The molecule has 0 saturated heterocycles. The summed E-state index contributed by atoms with van der Waals surface area (Å²) in [5, 5.41) is 11.9. The molecule has 0 radical (unpaired) electrons. The number of fused-ring (bicyclic) bond motifs is 5. The molecule has 0 unspecified atom stereocenters. The molecule has 0 aliphatic heterocycles. The monoisotopic (exact) mass is 631 g/mol. The number of sulfonamides is 1. The van der Waals surface area contributed by atoms with Gasteiger partial charge in [-0.25, -0.2) is 17.9 Å². The molecular weight excluding hydrogens is 578 g/mol. The zero-order chi connectivity index (χ0) is 32.2. The van der Waals surface area contributed by atoms with E-state index in [9.17, 15) is 23.1 Å². The van der Waals surface area contributed by atoms with Gasteiger partial charge in [-0.05, 0) is 129 Å². The number of amides is 1. The van der Waals surface area contributed by atoms with Crippen LogP contribution in [0.5, 0.6) is 5.75 Å². The first kappa shape index (κ1) is 33.2. The lowest BCUT2D eigenvalue weighted by molar-refractivity contribution is -0.195. The molecule has 246 valence electrons. The van der Waals surface area contributed by atoms with Crippen molar-refractivity contribution in [1.82, 2.24) is 4.72 Å². The van der Waals surface area contributed by atoms with Crippen molar-refractivity contribution in [3.8, 4) is 5.75 Å². The lowest BCUT2D eigenvalue weighted by Crippen LogP contribution is -2.62. The third-order valence-corrected chi connectivity index (χ3v) is 13.6. The van der Waals surface area contributed by atoms with Crippen molar-refractivity contribution >= 4 is 21.9 Å². The quantitative estimate of drug-likeness (QED) is 0.342. The normalized spacial score (nSPS) is 37.7. The second kappa shape index (κ2) is 11.9. The second-order valence-corrected chi connectivity index (χ2v) is 17.5. The number of carbonyl (C=O) groups excluding carboxylic acids is 2. The fourth-order valence-corrected chi connectivity index (χ4v) is 11.2. The Balaban J connectivity index is 1.22. The number of aliphatic hydroxyl groups excluding tert-OH is 1. The smallest absolute Gasteiger partial charge is 0.421 e. The van der Waals surface area contributed by atoms with Crippen molar-refractivity contribution in [2.24, 2.45) is 52.3 Å². The van der Waals surface area contributed by atoms with Gasteiger partial charge < -0.3 is 14.6 Å². The van der Waals surface area contributed by atoms with Crippen LogP contribution in [0.4, 0.5) is 4.79 Å². The van der Waals surface area contributed by atoms with Gasteiger partial charge in [0.15, 0.2) is 0 Å². The van der Waals surface area contributed by atoms with Gasteiger partial charge in [0.1, 0.15) is 17.1 Å².